The van der Waals surface area contributed by atoms with Crippen LogP contribution in [0, 0.1) is 0 Å². The van der Waals surface area contributed by atoms with Crippen LogP contribution >= 0.6 is 0 Å². The molecule has 0 aliphatic carbocycles. The maximum atomic E-state index is 12.5. The molecule has 0 saturated heterocycles. The minimum atomic E-state index is -4.35. The molecule has 2 amide bonds. The second-order valence-corrected chi connectivity index (χ2v) is 5.81. The number of rotatable bonds is 6. The SMILES string of the molecule is CC(=O)NCc1ccc(C(=O)NCCc2ccc(C(F)(F)F)cc2)cc1. The summed E-state index contributed by atoms with van der Waals surface area (Å²) < 4.78 is 37.5. The lowest BCUT2D eigenvalue weighted by molar-refractivity contribution is -0.137. The van der Waals surface area contributed by atoms with Gasteiger partial charge in [-0.15, -0.1) is 0 Å². The summed E-state index contributed by atoms with van der Waals surface area (Å²) in [6.07, 6.45) is -3.91. The molecule has 2 rings (SSSR count). The predicted octanol–water partition coefficient (Wildman–Crippen LogP) is 3.31. The van der Waals surface area contributed by atoms with Crippen LogP contribution in [0.15, 0.2) is 48.5 Å². The summed E-state index contributed by atoms with van der Waals surface area (Å²) in [4.78, 5) is 22.9. The molecule has 138 valence electrons. The maximum Gasteiger partial charge on any atom is 0.416 e. The third kappa shape index (κ3) is 5.91. The van der Waals surface area contributed by atoms with E-state index in [1.54, 1.807) is 24.3 Å². The van der Waals surface area contributed by atoms with Gasteiger partial charge in [0, 0.05) is 25.6 Å². The van der Waals surface area contributed by atoms with Crippen LogP contribution in [0.1, 0.15) is 34.0 Å². The smallest absolute Gasteiger partial charge is 0.352 e. The van der Waals surface area contributed by atoms with Gasteiger partial charge in [0.2, 0.25) is 5.91 Å². The quantitative estimate of drug-likeness (QED) is 0.826. The maximum absolute atomic E-state index is 12.5. The minimum absolute atomic E-state index is 0.130. The standard InChI is InChI=1S/C19H19F3N2O2/c1-13(25)24-12-15-2-6-16(7-3-15)18(26)23-11-10-14-4-8-17(9-5-14)19(20,21)22/h2-9H,10-12H2,1H3,(H,23,26)(H,24,25). The lowest BCUT2D eigenvalue weighted by Gasteiger charge is -2.09. The number of halogens is 3. The number of benzene rings is 2. The van der Waals surface area contributed by atoms with E-state index >= 15 is 0 Å². The summed E-state index contributed by atoms with van der Waals surface area (Å²) in [5, 5.41) is 5.40. The van der Waals surface area contributed by atoms with E-state index in [4.69, 9.17) is 0 Å². The van der Waals surface area contributed by atoms with Crippen LogP contribution in [0.4, 0.5) is 13.2 Å². The Labute approximate surface area is 149 Å². The van der Waals surface area contributed by atoms with Crippen molar-refractivity contribution in [3.05, 3.63) is 70.8 Å². The fourth-order valence-corrected chi connectivity index (χ4v) is 2.28. The van der Waals surface area contributed by atoms with Crippen molar-refractivity contribution in [2.75, 3.05) is 6.54 Å². The Morgan fingerprint density at radius 3 is 2.00 bits per heavy atom. The van der Waals surface area contributed by atoms with Gasteiger partial charge in [-0.2, -0.15) is 13.2 Å². The van der Waals surface area contributed by atoms with Crippen molar-refractivity contribution >= 4 is 11.8 Å². The summed E-state index contributed by atoms with van der Waals surface area (Å²) in [6, 6.07) is 11.7. The molecule has 2 aromatic carbocycles. The average molecular weight is 364 g/mol. The highest BCUT2D eigenvalue weighted by Crippen LogP contribution is 2.29. The molecule has 0 aliphatic heterocycles. The molecule has 7 heteroatoms. The Bertz CT molecular complexity index is 754. The molecule has 0 heterocycles. The van der Waals surface area contributed by atoms with Gasteiger partial charge < -0.3 is 10.6 Å². The van der Waals surface area contributed by atoms with Crippen molar-refractivity contribution in [3.8, 4) is 0 Å². The molecule has 2 aromatic rings. The van der Waals surface area contributed by atoms with Gasteiger partial charge in [0.1, 0.15) is 0 Å². The van der Waals surface area contributed by atoms with Crippen molar-refractivity contribution in [3.63, 3.8) is 0 Å². The number of nitrogens with one attached hydrogen (secondary N) is 2. The first-order valence-corrected chi connectivity index (χ1v) is 8.03. The molecule has 2 N–H and O–H groups in total. The monoisotopic (exact) mass is 364 g/mol. The molecule has 0 unspecified atom stereocenters. The normalized spacial score (nSPS) is 11.1. The van der Waals surface area contributed by atoms with Crippen LogP contribution in [0.25, 0.3) is 0 Å². The third-order valence-corrected chi connectivity index (χ3v) is 3.74. The Balaban J connectivity index is 1.82. The topological polar surface area (TPSA) is 58.2 Å². The second kappa shape index (κ2) is 8.51. The zero-order valence-electron chi connectivity index (χ0n) is 14.2. The first-order valence-electron chi connectivity index (χ1n) is 8.03. The van der Waals surface area contributed by atoms with Crippen LogP contribution in [0.5, 0.6) is 0 Å². The van der Waals surface area contributed by atoms with Gasteiger partial charge >= 0.3 is 6.18 Å². The van der Waals surface area contributed by atoms with E-state index in [0.29, 0.717) is 30.6 Å². The van der Waals surface area contributed by atoms with E-state index in [1.165, 1.54) is 19.1 Å². The molecular weight excluding hydrogens is 345 g/mol. The van der Waals surface area contributed by atoms with Gasteiger partial charge in [-0.3, -0.25) is 9.59 Å². The van der Waals surface area contributed by atoms with Gasteiger partial charge in [0.25, 0.3) is 5.91 Å². The molecule has 0 aromatic heterocycles. The van der Waals surface area contributed by atoms with Gasteiger partial charge in [-0.1, -0.05) is 24.3 Å². The van der Waals surface area contributed by atoms with Crippen LogP contribution in [-0.2, 0) is 23.9 Å². The first kappa shape index (κ1) is 19.5. The highest BCUT2D eigenvalue weighted by atomic mass is 19.4. The van der Waals surface area contributed by atoms with Gasteiger partial charge in [-0.25, -0.2) is 0 Å². The first-order chi connectivity index (χ1) is 12.3. The van der Waals surface area contributed by atoms with E-state index < -0.39 is 11.7 Å². The van der Waals surface area contributed by atoms with Crippen molar-refractivity contribution in [2.45, 2.75) is 26.1 Å². The molecule has 0 atom stereocenters. The Kier molecular flexibility index (Phi) is 6.38. The molecule has 0 saturated carbocycles. The molecule has 4 nitrogen and oxygen atoms in total. The van der Waals surface area contributed by atoms with Gasteiger partial charge in [0.15, 0.2) is 0 Å². The summed E-state index contributed by atoms with van der Waals surface area (Å²) in [5.41, 5.74) is 1.37. The van der Waals surface area contributed by atoms with Crippen molar-refractivity contribution < 1.29 is 22.8 Å². The van der Waals surface area contributed by atoms with Gasteiger partial charge in [0.05, 0.1) is 5.56 Å². The Morgan fingerprint density at radius 1 is 0.885 bits per heavy atom. The molecular formula is C19H19F3N2O2. The van der Waals surface area contributed by atoms with E-state index in [-0.39, 0.29) is 11.8 Å². The fraction of sp³-hybridized carbons (Fsp3) is 0.263. The minimum Gasteiger partial charge on any atom is -0.352 e. The average Bonchev–Trinajstić information content (AvgIpc) is 2.60. The fourth-order valence-electron chi connectivity index (χ4n) is 2.28. The molecule has 26 heavy (non-hydrogen) atoms. The van der Waals surface area contributed by atoms with Crippen molar-refractivity contribution in [2.24, 2.45) is 0 Å². The molecule has 0 radical (unpaired) electrons. The second-order valence-electron chi connectivity index (χ2n) is 5.81. The highest BCUT2D eigenvalue weighted by Gasteiger charge is 2.29. The van der Waals surface area contributed by atoms with Crippen LogP contribution < -0.4 is 10.6 Å². The number of hydrogen-bond acceptors (Lipinski definition) is 2. The number of alkyl halides is 3. The highest BCUT2D eigenvalue weighted by molar-refractivity contribution is 5.94. The van der Waals surface area contributed by atoms with Crippen LogP contribution in [0.2, 0.25) is 0 Å². The zero-order valence-corrected chi connectivity index (χ0v) is 14.2. The Hall–Kier alpha value is -2.83. The van der Waals surface area contributed by atoms with Crippen molar-refractivity contribution in [1.82, 2.24) is 10.6 Å². The van der Waals surface area contributed by atoms with Gasteiger partial charge in [-0.05, 0) is 41.8 Å². The van der Waals surface area contributed by atoms with E-state index in [9.17, 15) is 22.8 Å². The Morgan fingerprint density at radius 2 is 1.46 bits per heavy atom. The molecule has 0 fully saturated rings. The van der Waals surface area contributed by atoms with E-state index in [1.807, 2.05) is 0 Å². The van der Waals surface area contributed by atoms with Crippen molar-refractivity contribution in [1.29, 1.82) is 0 Å². The third-order valence-electron chi connectivity index (χ3n) is 3.74. The summed E-state index contributed by atoms with van der Waals surface area (Å²) in [6.45, 7) is 2.14. The predicted molar refractivity (Wildman–Crippen MR) is 91.4 cm³/mol. The summed E-state index contributed by atoms with van der Waals surface area (Å²) in [5.74, 6) is -0.391. The number of carbonyl (C=O) groups is 2. The number of hydrogen-bond donors (Lipinski definition) is 2. The number of carbonyl (C=O) groups excluding carboxylic acids is 2. The molecule has 0 bridgehead atoms. The lowest BCUT2D eigenvalue weighted by Crippen LogP contribution is -2.25. The summed E-state index contributed by atoms with van der Waals surface area (Å²) in [7, 11) is 0. The largest absolute Gasteiger partial charge is 0.416 e. The summed E-state index contributed by atoms with van der Waals surface area (Å²) >= 11 is 0. The molecule has 0 aliphatic rings. The zero-order chi connectivity index (χ0) is 19.2. The van der Waals surface area contributed by atoms with Crippen LogP contribution in [0.3, 0.4) is 0 Å². The number of amides is 2. The molecule has 0 spiro atoms. The van der Waals surface area contributed by atoms with E-state index in [0.717, 1.165) is 17.7 Å². The van der Waals surface area contributed by atoms with E-state index in [2.05, 4.69) is 10.6 Å². The lowest BCUT2D eigenvalue weighted by atomic mass is 10.1. The van der Waals surface area contributed by atoms with Crippen LogP contribution in [-0.4, -0.2) is 18.4 Å².